The number of aromatic nitrogens is 1. The first-order chi connectivity index (χ1) is 11.0. The maximum Gasteiger partial charge on any atom is 0.268 e. The summed E-state index contributed by atoms with van der Waals surface area (Å²) in [5, 5.41) is 5.30. The van der Waals surface area contributed by atoms with Crippen LogP contribution in [0.2, 0.25) is 10.0 Å². The number of aryl methyl sites for hydroxylation is 2. The molecule has 1 aromatic heterocycles. The molecule has 0 atom stereocenters. The van der Waals surface area contributed by atoms with Crippen molar-refractivity contribution in [3.8, 4) is 0 Å². The monoisotopic (exact) mass is 346 g/mol. The van der Waals surface area contributed by atoms with Crippen LogP contribution in [0, 0.1) is 6.92 Å². The fourth-order valence-electron chi connectivity index (χ4n) is 2.79. The summed E-state index contributed by atoms with van der Waals surface area (Å²) in [5.41, 5.74) is 3.57. The Bertz CT molecular complexity index is 882. The Morgan fingerprint density at radius 2 is 1.74 bits per heavy atom. The van der Waals surface area contributed by atoms with Crippen LogP contribution in [0.1, 0.15) is 21.6 Å². The normalized spacial score (nSPS) is 11.0. The zero-order valence-electron chi connectivity index (χ0n) is 12.9. The van der Waals surface area contributed by atoms with Crippen LogP contribution in [0.25, 0.3) is 10.9 Å². The van der Waals surface area contributed by atoms with E-state index in [0.29, 0.717) is 22.3 Å². The first-order valence-corrected chi connectivity index (χ1v) is 8.00. The van der Waals surface area contributed by atoms with Crippen LogP contribution < -0.4 is 5.32 Å². The van der Waals surface area contributed by atoms with E-state index in [2.05, 4.69) is 5.32 Å². The smallest absolute Gasteiger partial charge is 0.268 e. The number of nitrogens with one attached hydrogen (secondary N) is 1. The van der Waals surface area contributed by atoms with Crippen LogP contribution in [-0.4, -0.2) is 10.5 Å². The molecule has 5 heteroatoms. The minimum atomic E-state index is -0.104. The van der Waals surface area contributed by atoms with E-state index >= 15 is 0 Å². The molecule has 0 fully saturated rings. The molecule has 3 rings (SSSR count). The molecule has 118 valence electrons. The van der Waals surface area contributed by atoms with Crippen LogP contribution >= 0.6 is 23.2 Å². The first kappa shape index (κ1) is 15.9. The molecule has 0 aliphatic carbocycles. The predicted molar refractivity (Wildman–Crippen MR) is 95.3 cm³/mol. The van der Waals surface area contributed by atoms with Gasteiger partial charge < -0.3 is 9.88 Å². The summed E-state index contributed by atoms with van der Waals surface area (Å²) in [6.45, 7) is 2.40. The van der Waals surface area contributed by atoms with Crippen LogP contribution in [0.15, 0.2) is 42.5 Å². The fourth-order valence-corrected chi connectivity index (χ4v) is 3.09. The average molecular weight is 347 g/mol. The Kier molecular flexibility index (Phi) is 4.33. The molecule has 1 heterocycles. The number of halogens is 2. The van der Waals surface area contributed by atoms with Gasteiger partial charge in [0.1, 0.15) is 5.69 Å². The standard InChI is InChI=1S/C18H16Cl2N2O/c1-11-15-9-14(20)7-8-16(15)22(2)17(11)18(23)21-10-12-3-5-13(19)6-4-12/h3-9H,10H2,1-2H3,(H,21,23). The lowest BCUT2D eigenvalue weighted by molar-refractivity contribution is 0.0942. The Morgan fingerprint density at radius 1 is 1.09 bits per heavy atom. The highest BCUT2D eigenvalue weighted by Crippen LogP contribution is 2.27. The maximum atomic E-state index is 12.6. The van der Waals surface area contributed by atoms with Gasteiger partial charge in [-0.2, -0.15) is 0 Å². The molecule has 2 aromatic carbocycles. The van der Waals surface area contributed by atoms with E-state index in [1.807, 2.05) is 61.0 Å². The van der Waals surface area contributed by atoms with Crippen LogP contribution in [0.5, 0.6) is 0 Å². The van der Waals surface area contributed by atoms with Gasteiger partial charge in [0.15, 0.2) is 0 Å². The van der Waals surface area contributed by atoms with E-state index < -0.39 is 0 Å². The lowest BCUT2D eigenvalue weighted by Crippen LogP contribution is -2.25. The topological polar surface area (TPSA) is 34.0 Å². The van der Waals surface area contributed by atoms with Gasteiger partial charge in [-0.3, -0.25) is 4.79 Å². The molecule has 0 bridgehead atoms. The molecule has 0 aliphatic rings. The summed E-state index contributed by atoms with van der Waals surface area (Å²) in [7, 11) is 1.89. The summed E-state index contributed by atoms with van der Waals surface area (Å²) in [6.07, 6.45) is 0. The summed E-state index contributed by atoms with van der Waals surface area (Å²) >= 11 is 11.9. The lowest BCUT2D eigenvalue weighted by Gasteiger charge is -2.08. The SMILES string of the molecule is Cc1c(C(=O)NCc2ccc(Cl)cc2)n(C)c2ccc(Cl)cc12. The van der Waals surface area contributed by atoms with E-state index in [-0.39, 0.29) is 5.91 Å². The lowest BCUT2D eigenvalue weighted by atomic mass is 10.1. The summed E-state index contributed by atoms with van der Waals surface area (Å²) in [6, 6.07) is 13.1. The molecule has 0 radical (unpaired) electrons. The predicted octanol–water partition coefficient (Wildman–Crippen LogP) is 4.72. The van der Waals surface area contributed by atoms with Gasteiger partial charge in [-0.15, -0.1) is 0 Å². The Labute approximate surface area is 144 Å². The summed E-state index contributed by atoms with van der Waals surface area (Å²) in [4.78, 5) is 12.6. The molecular weight excluding hydrogens is 331 g/mol. The van der Waals surface area contributed by atoms with Gasteiger partial charge in [-0.05, 0) is 48.4 Å². The number of nitrogens with zero attached hydrogens (tertiary/aromatic N) is 1. The Hall–Kier alpha value is -1.97. The average Bonchev–Trinajstić information content (AvgIpc) is 2.77. The molecule has 23 heavy (non-hydrogen) atoms. The second kappa shape index (κ2) is 6.26. The Morgan fingerprint density at radius 3 is 2.43 bits per heavy atom. The van der Waals surface area contributed by atoms with E-state index in [1.54, 1.807) is 0 Å². The molecule has 3 nitrogen and oxygen atoms in total. The molecular formula is C18H16Cl2N2O. The van der Waals surface area contributed by atoms with Crippen molar-refractivity contribution in [1.82, 2.24) is 9.88 Å². The summed E-state index contributed by atoms with van der Waals surface area (Å²) < 4.78 is 1.90. The Balaban J connectivity index is 1.87. The molecule has 3 aromatic rings. The minimum absolute atomic E-state index is 0.104. The number of hydrogen-bond acceptors (Lipinski definition) is 1. The highest BCUT2D eigenvalue weighted by molar-refractivity contribution is 6.31. The number of carbonyl (C=O) groups excluding carboxylic acids is 1. The van der Waals surface area contributed by atoms with Crippen molar-refractivity contribution in [3.05, 3.63) is 69.3 Å². The molecule has 0 saturated heterocycles. The van der Waals surface area contributed by atoms with E-state index in [4.69, 9.17) is 23.2 Å². The number of hydrogen-bond donors (Lipinski definition) is 1. The molecule has 0 unspecified atom stereocenters. The number of rotatable bonds is 3. The fraction of sp³-hybridized carbons (Fsp3) is 0.167. The largest absolute Gasteiger partial charge is 0.347 e. The summed E-state index contributed by atoms with van der Waals surface area (Å²) in [5.74, 6) is -0.104. The van der Waals surface area contributed by atoms with Crippen LogP contribution in [-0.2, 0) is 13.6 Å². The van der Waals surface area contributed by atoms with Gasteiger partial charge in [-0.1, -0.05) is 35.3 Å². The zero-order chi connectivity index (χ0) is 16.6. The third-order valence-electron chi connectivity index (χ3n) is 4.00. The third kappa shape index (κ3) is 3.07. The quantitative estimate of drug-likeness (QED) is 0.731. The van der Waals surface area contributed by atoms with Crippen molar-refractivity contribution >= 4 is 40.0 Å². The van der Waals surface area contributed by atoms with Gasteiger partial charge in [0.2, 0.25) is 0 Å². The zero-order valence-corrected chi connectivity index (χ0v) is 14.4. The van der Waals surface area contributed by atoms with Crippen LogP contribution in [0.3, 0.4) is 0 Å². The van der Waals surface area contributed by atoms with E-state index in [1.165, 1.54) is 0 Å². The molecule has 0 spiro atoms. The van der Waals surface area contributed by atoms with Crippen LogP contribution in [0.4, 0.5) is 0 Å². The molecule has 0 aliphatic heterocycles. The van der Waals surface area contributed by atoms with Crippen molar-refractivity contribution in [1.29, 1.82) is 0 Å². The van der Waals surface area contributed by atoms with Crippen molar-refractivity contribution in [2.45, 2.75) is 13.5 Å². The number of benzene rings is 2. The van der Waals surface area contributed by atoms with Gasteiger partial charge >= 0.3 is 0 Å². The van der Waals surface area contributed by atoms with Gasteiger partial charge in [-0.25, -0.2) is 0 Å². The van der Waals surface area contributed by atoms with E-state index in [0.717, 1.165) is 22.0 Å². The minimum Gasteiger partial charge on any atom is -0.347 e. The number of fused-ring (bicyclic) bond motifs is 1. The van der Waals surface area contributed by atoms with Gasteiger partial charge in [0.05, 0.1) is 0 Å². The third-order valence-corrected chi connectivity index (χ3v) is 4.48. The number of amides is 1. The van der Waals surface area contributed by atoms with Crippen molar-refractivity contribution in [3.63, 3.8) is 0 Å². The first-order valence-electron chi connectivity index (χ1n) is 7.24. The van der Waals surface area contributed by atoms with Gasteiger partial charge in [0, 0.05) is 34.5 Å². The van der Waals surface area contributed by atoms with Gasteiger partial charge in [0.25, 0.3) is 5.91 Å². The second-order valence-corrected chi connectivity index (χ2v) is 6.38. The highest BCUT2D eigenvalue weighted by Gasteiger charge is 2.18. The van der Waals surface area contributed by atoms with Crippen molar-refractivity contribution in [2.24, 2.45) is 7.05 Å². The van der Waals surface area contributed by atoms with E-state index in [9.17, 15) is 4.79 Å². The molecule has 1 amide bonds. The maximum absolute atomic E-state index is 12.6. The van der Waals surface area contributed by atoms with Crippen molar-refractivity contribution in [2.75, 3.05) is 0 Å². The second-order valence-electron chi connectivity index (χ2n) is 5.50. The van der Waals surface area contributed by atoms with Crippen molar-refractivity contribution < 1.29 is 4.79 Å². The molecule has 0 saturated carbocycles. The molecule has 1 N–H and O–H groups in total. The number of carbonyl (C=O) groups is 1. The highest BCUT2D eigenvalue weighted by atomic mass is 35.5.